The first kappa shape index (κ1) is 23.1. The first-order chi connectivity index (χ1) is 15.8. The Morgan fingerprint density at radius 3 is 2.48 bits per heavy atom. The molecule has 1 aliphatic rings. The first-order valence-electron chi connectivity index (χ1n) is 10.7. The number of hydrogen-bond acceptors (Lipinski definition) is 3. The van der Waals surface area contributed by atoms with Gasteiger partial charge in [0.1, 0.15) is 12.6 Å². The second-order valence-corrected chi connectivity index (χ2v) is 8.73. The molecule has 0 aromatic heterocycles. The van der Waals surface area contributed by atoms with Crippen LogP contribution in [-0.2, 0) is 16.1 Å². The normalized spacial score (nSPS) is 13.3. The number of carbonyl (C=O) groups is 3. The van der Waals surface area contributed by atoms with E-state index in [1.807, 2.05) is 37.3 Å². The van der Waals surface area contributed by atoms with Gasteiger partial charge in [-0.2, -0.15) is 0 Å². The van der Waals surface area contributed by atoms with Gasteiger partial charge in [0.2, 0.25) is 11.8 Å². The number of halogens is 2. The van der Waals surface area contributed by atoms with Gasteiger partial charge in [-0.1, -0.05) is 53.5 Å². The summed E-state index contributed by atoms with van der Waals surface area (Å²) < 4.78 is 0. The van der Waals surface area contributed by atoms with Crippen molar-refractivity contribution in [3.05, 3.63) is 75.8 Å². The molecule has 170 valence electrons. The second kappa shape index (κ2) is 9.41. The lowest BCUT2D eigenvalue weighted by molar-refractivity contribution is -0.139. The van der Waals surface area contributed by atoms with Crippen molar-refractivity contribution in [1.29, 1.82) is 0 Å². The SMILES string of the molecule is CCNC(=O)[C@H](C)N(Cc1ccc(Cl)c(Cl)c1)C(=O)CN1C(=O)c2cccc3cccc1c23. The monoisotopic (exact) mass is 483 g/mol. The highest BCUT2D eigenvalue weighted by atomic mass is 35.5. The maximum absolute atomic E-state index is 13.5. The van der Waals surface area contributed by atoms with Gasteiger partial charge in [-0.05, 0) is 49.1 Å². The molecule has 6 nitrogen and oxygen atoms in total. The fourth-order valence-electron chi connectivity index (χ4n) is 4.10. The fraction of sp³-hybridized carbons (Fsp3) is 0.240. The second-order valence-electron chi connectivity index (χ2n) is 7.91. The molecule has 0 aliphatic carbocycles. The Labute approximate surface area is 202 Å². The topological polar surface area (TPSA) is 69.7 Å². The van der Waals surface area contributed by atoms with Crippen molar-refractivity contribution >= 4 is 57.4 Å². The van der Waals surface area contributed by atoms with Gasteiger partial charge in [-0.3, -0.25) is 19.3 Å². The zero-order chi connectivity index (χ0) is 23.7. The average Bonchev–Trinajstić information content (AvgIpc) is 3.07. The van der Waals surface area contributed by atoms with Gasteiger partial charge in [0, 0.05) is 24.0 Å². The summed E-state index contributed by atoms with van der Waals surface area (Å²) >= 11 is 12.2. The smallest absolute Gasteiger partial charge is 0.259 e. The fourth-order valence-corrected chi connectivity index (χ4v) is 4.42. The Hall–Kier alpha value is -3.09. The van der Waals surface area contributed by atoms with E-state index in [-0.39, 0.29) is 30.8 Å². The lowest BCUT2D eigenvalue weighted by atomic mass is 10.1. The Morgan fingerprint density at radius 1 is 1.06 bits per heavy atom. The Morgan fingerprint density at radius 2 is 1.79 bits per heavy atom. The quantitative estimate of drug-likeness (QED) is 0.531. The van der Waals surface area contributed by atoms with Crippen LogP contribution >= 0.6 is 23.2 Å². The summed E-state index contributed by atoms with van der Waals surface area (Å²) in [6.45, 7) is 3.89. The average molecular weight is 484 g/mol. The molecule has 1 atom stereocenters. The summed E-state index contributed by atoms with van der Waals surface area (Å²) in [5, 5.41) is 5.31. The van der Waals surface area contributed by atoms with E-state index in [9.17, 15) is 14.4 Å². The molecular weight excluding hydrogens is 461 g/mol. The van der Waals surface area contributed by atoms with Crippen LogP contribution in [0.4, 0.5) is 5.69 Å². The molecule has 4 rings (SSSR count). The molecule has 1 aliphatic heterocycles. The molecule has 0 saturated carbocycles. The number of carbonyl (C=O) groups excluding carboxylic acids is 3. The predicted molar refractivity (Wildman–Crippen MR) is 131 cm³/mol. The van der Waals surface area contributed by atoms with E-state index in [0.29, 0.717) is 27.8 Å². The molecule has 8 heteroatoms. The van der Waals surface area contributed by atoms with Crippen LogP contribution in [0, 0.1) is 0 Å². The van der Waals surface area contributed by atoms with Crippen LogP contribution in [0.5, 0.6) is 0 Å². The highest BCUT2D eigenvalue weighted by molar-refractivity contribution is 6.42. The molecule has 3 aromatic carbocycles. The maximum Gasteiger partial charge on any atom is 0.259 e. The van der Waals surface area contributed by atoms with Crippen LogP contribution in [0.1, 0.15) is 29.8 Å². The zero-order valence-corrected chi connectivity index (χ0v) is 19.8. The molecule has 1 N–H and O–H groups in total. The van der Waals surface area contributed by atoms with E-state index in [0.717, 1.165) is 16.3 Å². The number of hydrogen-bond donors (Lipinski definition) is 1. The molecule has 0 saturated heterocycles. The van der Waals surface area contributed by atoms with Gasteiger partial charge >= 0.3 is 0 Å². The zero-order valence-electron chi connectivity index (χ0n) is 18.3. The lowest BCUT2D eigenvalue weighted by Gasteiger charge is -2.30. The minimum absolute atomic E-state index is 0.146. The van der Waals surface area contributed by atoms with Crippen LogP contribution in [0.3, 0.4) is 0 Å². The lowest BCUT2D eigenvalue weighted by Crippen LogP contribution is -2.50. The summed E-state index contributed by atoms with van der Waals surface area (Å²) in [5.41, 5.74) is 2.00. The van der Waals surface area contributed by atoms with Crippen molar-refractivity contribution in [2.45, 2.75) is 26.4 Å². The molecule has 3 amide bonds. The Kier molecular flexibility index (Phi) is 6.58. The molecule has 0 bridgehead atoms. The van der Waals surface area contributed by atoms with Gasteiger partial charge in [-0.15, -0.1) is 0 Å². The highest BCUT2D eigenvalue weighted by Crippen LogP contribution is 2.37. The van der Waals surface area contributed by atoms with Crippen LogP contribution in [0.15, 0.2) is 54.6 Å². The van der Waals surface area contributed by atoms with Crippen molar-refractivity contribution in [2.75, 3.05) is 18.0 Å². The number of benzene rings is 3. The van der Waals surface area contributed by atoms with Gasteiger partial charge in [0.15, 0.2) is 0 Å². The number of nitrogens with one attached hydrogen (secondary N) is 1. The maximum atomic E-state index is 13.5. The standard InChI is InChI=1S/C25H23Cl2N3O3/c1-3-28-24(32)15(2)29(13-16-10-11-19(26)20(27)12-16)22(31)14-30-21-9-5-7-17-6-4-8-18(23(17)21)25(30)33/h4-12,15H,3,13-14H2,1-2H3,(H,28,32)/t15-/m0/s1. The van der Waals surface area contributed by atoms with Crippen molar-refractivity contribution in [1.82, 2.24) is 10.2 Å². The Balaban J connectivity index is 1.64. The molecule has 0 fully saturated rings. The summed E-state index contributed by atoms with van der Waals surface area (Å²) in [6.07, 6.45) is 0. The molecule has 3 aromatic rings. The third-order valence-electron chi connectivity index (χ3n) is 5.80. The molecule has 0 radical (unpaired) electrons. The van der Waals surface area contributed by atoms with Crippen LogP contribution in [0.25, 0.3) is 10.8 Å². The first-order valence-corrected chi connectivity index (χ1v) is 11.4. The van der Waals surface area contributed by atoms with Crippen molar-refractivity contribution < 1.29 is 14.4 Å². The van der Waals surface area contributed by atoms with Crippen molar-refractivity contribution in [3.8, 4) is 0 Å². The minimum Gasteiger partial charge on any atom is -0.355 e. The van der Waals surface area contributed by atoms with E-state index < -0.39 is 6.04 Å². The van der Waals surface area contributed by atoms with E-state index in [1.54, 1.807) is 31.2 Å². The van der Waals surface area contributed by atoms with Gasteiger partial charge in [-0.25, -0.2) is 0 Å². The van der Waals surface area contributed by atoms with E-state index in [1.165, 1.54) is 9.80 Å². The van der Waals surface area contributed by atoms with Crippen molar-refractivity contribution in [3.63, 3.8) is 0 Å². The van der Waals surface area contributed by atoms with Gasteiger partial charge < -0.3 is 10.2 Å². The van der Waals surface area contributed by atoms with Crippen molar-refractivity contribution in [2.24, 2.45) is 0 Å². The Bertz CT molecular complexity index is 1260. The molecule has 33 heavy (non-hydrogen) atoms. The van der Waals surface area contributed by atoms with Gasteiger partial charge in [0.05, 0.1) is 15.7 Å². The van der Waals surface area contributed by atoms with Crippen LogP contribution in [-0.4, -0.2) is 41.8 Å². The largest absolute Gasteiger partial charge is 0.355 e. The van der Waals surface area contributed by atoms with E-state index in [2.05, 4.69) is 5.32 Å². The number of amides is 3. The van der Waals surface area contributed by atoms with E-state index >= 15 is 0 Å². The van der Waals surface area contributed by atoms with E-state index in [4.69, 9.17) is 23.2 Å². The van der Waals surface area contributed by atoms with Crippen LogP contribution in [0.2, 0.25) is 10.0 Å². The number of rotatable bonds is 7. The molecular formula is C25H23Cl2N3O3. The summed E-state index contributed by atoms with van der Waals surface area (Å²) in [6, 6.07) is 15.5. The summed E-state index contributed by atoms with van der Waals surface area (Å²) in [4.78, 5) is 42.2. The number of likely N-dealkylation sites (N-methyl/N-ethyl adjacent to an activating group) is 1. The molecule has 0 unspecified atom stereocenters. The van der Waals surface area contributed by atoms with Gasteiger partial charge in [0.25, 0.3) is 5.91 Å². The van der Waals surface area contributed by atoms with Crippen LogP contribution < -0.4 is 10.2 Å². The third-order valence-corrected chi connectivity index (χ3v) is 6.54. The predicted octanol–water partition coefficient (Wildman–Crippen LogP) is 4.66. The number of nitrogens with zero attached hydrogens (tertiary/aromatic N) is 2. The number of anilines is 1. The third kappa shape index (κ3) is 4.41. The highest BCUT2D eigenvalue weighted by Gasteiger charge is 2.34. The summed E-state index contributed by atoms with van der Waals surface area (Å²) in [5.74, 6) is -0.850. The minimum atomic E-state index is -0.747. The molecule has 0 spiro atoms. The molecule has 1 heterocycles. The summed E-state index contributed by atoms with van der Waals surface area (Å²) in [7, 11) is 0.